The molecule has 18 nitrogen and oxygen atoms in total. The van der Waals surface area contributed by atoms with E-state index in [1.807, 2.05) is 20.8 Å². The minimum atomic E-state index is -1.21. The number of nitrogens with zero attached hydrogens (tertiary/aromatic N) is 2. The van der Waals surface area contributed by atoms with Crippen molar-refractivity contribution in [1.29, 1.82) is 0 Å². The molecule has 2 aliphatic rings. The highest BCUT2D eigenvalue weighted by molar-refractivity contribution is 5.88. The number of amides is 6. The highest BCUT2D eigenvalue weighted by Gasteiger charge is 2.45. The van der Waals surface area contributed by atoms with Gasteiger partial charge in [0.05, 0.1) is 6.10 Å². The number of H-pyrrole nitrogens is 2. The number of hydrogen-bond donors (Lipinski definition) is 8. The number of nitrogens with one attached hydrogen (secondary N) is 8. The summed E-state index contributed by atoms with van der Waals surface area (Å²) in [6, 6.07) is 1.31. The maximum absolute atomic E-state index is 13.8. The van der Waals surface area contributed by atoms with Gasteiger partial charge in [-0.05, 0) is 109 Å². The highest BCUT2D eigenvalue weighted by Crippen LogP contribution is 2.47. The third kappa shape index (κ3) is 15.4. The normalized spacial score (nSPS) is 24.1. The number of aromatic nitrogens is 4. The van der Waals surface area contributed by atoms with E-state index in [-0.39, 0.29) is 62.7 Å². The van der Waals surface area contributed by atoms with Crippen LogP contribution in [0.4, 0.5) is 26.3 Å². The van der Waals surface area contributed by atoms with Crippen molar-refractivity contribution in [2.75, 3.05) is 23.7 Å². The summed E-state index contributed by atoms with van der Waals surface area (Å²) in [5.41, 5.74) is -2.85. The number of urea groups is 2. The van der Waals surface area contributed by atoms with Gasteiger partial charge in [0.1, 0.15) is 11.2 Å². The molecule has 8 N–H and O–H groups in total. The van der Waals surface area contributed by atoms with Crippen LogP contribution in [-0.2, 0) is 14.3 Å². The first-order chi connectivity index (χ1) is 27.9. The van der Waals surface area contributed by atoms with Gasteiger partial charge in [0, 0.05) is 55.1 Å². The number of alkyl carbamates (subject to hydrolysis) is 1. The minimum Gasteiger partial charge on any atom is -0.443 e. The zero-order chi connectivity index (χ0) is 45.8. The predicted octanol–water partition coefficient (Wildman–Crippen LogP) is 5.78. The molecular weight excluding hydrogens is 785 g/mol. The second-order valence-electron chi connectivity index (χ2n) is 21.0. The lowest BCUT2D eigenvalue weighted by Crippen LogP contribution is -2.55. The van der Waals surface area contributed by atoms with Crippen LogP contribution in [0.5, 0.6) is 0 Å². The minimum absolute atomic E-state index is 0.0635. The maximum atomic E-state index is 13.8. The van der Waals surface area contributed by atoms with Gasteiger partial charge >= 0.3 is 18.2 Å². The van der Waals surface area contributed by atoms with Crippen molar-refractivity contribution in [2.45, 2.75) is 164 Å². The number of ether oxygens (including phenoxy) is 2. The number of carbonyl (C=O) groups excluding carboxylic acids is 4. The summed E-state index contributed by atoms with van der Waals surface area (Å²) in [4.78, 5) is 89.5. The zero-order valence-electron chi connectivity index (χ0n) is 38.4. The van der Waals surface area contributed by atoms with Gasteiger partial charge < -0.3 is 30.7 Å². The predicted molar refractivity (Wildman–Crippen MR) is 233 cm³/mol. The molecule has 2 saturated carbocycles. The Kier molecular flexibility index (Phi) is 14.8. The number of hydrogen-bond acceptors (Lipinski definition) is 10. The van der Waals surface area contributed by atoms with Crippen LogP contribution in [0.1, 0.15) is 132 Å². The Morgan fingerprint density at radius 3 is 1.59 bits per heavy atom. The number of aryl methyl sites for hydroxylation is 2. The first-order valence-corrected chi connectivity index (χ1v) is 21.2. The lowest BCUT2D eigenvalue weighted by molar-refractivity contribution is -0.154. The number of aromatic amines is 2. The molecule has 0 aromatic carbocycles. The second kappa shape index (κ2) is 18.5. The lowest BCUT2D eigenvalue weighted by atomic mass is 9.62. The van der Waals surface area contributed by atoms with E-state index in [0.29, 0.717) is 43.7 Å². The third-order valence-electron chi connectivity index (χ3n) is 11.3. The summed E-state index contributed by atoms with van der Waals surface area (Å²) in [7, 11) is 0. The van der Waals surface area contributed by atoms with E-state index >= 15 is 0 Å². The smallest absolute Gasteiger partial charge is 0.407 e. The lowest BCUT2D eigenvalue weighted by Gasteiger charge is -2.47. The van der Waals surface area contributed by atoms with Crippen LogP contribution in [0.25, 0.3) is 0 Å². The van der Waals surface area contributed by atoms with E-state index in [1.54, 1.807) is 27.7 Å². The average Bonchev–Trinajstić information content (AvgIpc) is 3.03. The van der Waals surface area contributed by atoms with Crippen LogP contribution in [0.2, 0.25) is 0 Å². The molecule has 0 saturated heterocycles. The quantitative estimate of drug-likeness (QED) is 0.114. The van der Waals surface area contributed by atoms with Crippen molar-refractivity contribution in [1.82, 2.24) is 41.2 Å². The Hall–Kier alpha value is -5.00. The Balaban J connectivity index is 1.26. The van der Waals surface area contributed by atoms with Gasteiger partial charge in [-0.3, -0.25) is 35.0 Å². The van der Waals surface area contributed by atoms with Crippen LogP contribution in [0.15, 0.2) is 21.7 Å². The molecule has 0 spiro atoms. The third-order valence-corrected chi connectivity index (χ3v) is 11.3. The van der Waals surface area contributed by atoms with Crippen molar-refractivity contribution in [2.24, 2.45) is 21.7 Å². The van der Waals surface area contributed by atoms with Gasteiger partial charge in [-0.15, -0.1) is 0 Å². The molecule has 4 rings (SSSR count). The highest BCUT2D eigenvalue weighted by atomic mass is 16.6. The molecule has 5 unspecified atom stereocenters. The fourth-order valence-corrected chi connectivity index (χ4v) is 10.0. The largest absolute Gasteiger partial charge is 0.443 e. The van der Waals surface area contributed by atoms with Crippen LogP contribution in [-0.4, -0.2) is 86.5 Å². The van der Waals surface area contributed by atoms with Crippen molar-refractivity contribution < 1.29 is 28.7 Å². The first-order valence-electron chi connectivity index (χ1n) is 21.2. The molecule has 2 aromatic rings. The Morgan fingerprint density at radius 2 is 1.16 bits per heavy atom. The van der Waals surface area contributed by atoms with Gasteiger partial charge in [-0.2, -0.15) is 0 Å². The SMILES string of the molecule is Cc1cc(=O)[nH]c(NC(=O)NCC2(C)CC(NC(=O)OC(C)(C)CC(C)OC(C)(C)C(=O)NC3CC(C)(C)CC(C)(CNC(=O)Nc4nc(C)cc(=O)[nH]4)C3)CC(C)(C)C2)n1. The fraction of sp³-hybridized carbons (Fsp3) is 0.721. The number of rotatable bonds is 14. The molecule has 2 heterocycles. The summed E-state index contributed by atoms with van der Waals surface area (Å²) in [5, 5.41) is 17.3. The van der Waals surface area contributed by atoms with Crippen LogP contribution >= 0.6 is 0 Å². The summed E-state index contributed by atoms with van der Waals surface area (Å²) in [6.45, 7) is 25.7. The first kappa shape index (κ1) is 48.7. The van der Waals surface area contributed by atoms with Crippen molar-refractivity contribution in [3.05, 3.63) is 44.2 Å². The Bertz CT molecular complexity index is 2040. The van der Waals surface area contributed by atoms with E-state index in [4.69, 9.17) is 9.47 Å². The van der Waals surface area contributed by atoms with E-state index < -0.39 is 35.5 Å². The zero-order valence-corrected chi connectivity index (χ0v) is 38.4. The average molecular weight is 855 g/mol. The molecule has 61 heavy (non-hydrogen) atoms. The molecule has 6 amide bonds. The van der Waals surface area contributed by atoms with Crippen molar-refractivity contribution in [3.63, 3.8) is 0 Å². The van der Waals surface area contributed by atoms with Gasteiger partial charge in [-0.25, -0.2) is 24.4 Å². The molecular formula is C43H70N10O8. The summed E-state index contributed by atoms with van der Waals surface area (Å²) in [6.07, 6.45) is 3.62. The number of anilines is 2. The Morgan fingerprint density at radius 1 is 0.738 bits per heavy atom. The van der Waals surface area contributed by atoms with E-state index in [2.05, 4.69) is 93.4 Å². The summed E-state index contributed by atoms with van der Waals surface area (Å²) >= 11 is 0. The fourth-order valence-electron chi connectivity index (χ4n) is 10.0. The summed E-state index contributed by atoms with van der Waals surface area (Å²) < 4.78 is 12.3. The van der Waals surface area contributed by atoms with Gasteiger partial charge in [0.2, 0.25) is 11.9 Å². The topological polar surface area (TPSA) is 250 Å². The van der Waals surface area contributed by atoms with Gasteiger partial charge in [0.15, 0.2) is 0 Å². The molecule has 0 radical (unpaired) electrons. The van der Waals surface area contributed by atoms with Crippen LogP contribution in [0.3, 0.4) is 0 Å². The van der Waals surface area contributed by atoms with E-state index in [9.17, 15) is 28.8 Å². The molecule has 0 bridgehead atoms. The maximum Gasteiger partial charge on any atom is 0.407 e. The molecule has 0 aliphatic heterocycles. The molecule has 2 aliphatic carbocycles. The Labute approximate surface area is 359 Å². The monoisotopic (exact) mass is 855 g/mol. The molecule has 5 atom stereocenters. The molecule has 2 aromatic heterocycles. The number of carbonyl (C=O) groups is 4. The molecule has 2 fully saturated rings. The van der Waals surface area contributed by atoms with Gasteiger partial charge in [-0.1, -0.05) is 41.5 Å². The van der Waals surface area contributed by atoms with Gasteiger partial charge in [0.25, 0.3) is 17.0 Å². The van der Waals surface area contributed by atoms with Crippen LogP contribution < -0.4 is 43.0 Å². The summed E-state index contributed by atoms with van der Waals surface area (Å²) in [5.74, 6) is -0.136. The van der Waals surface area contributed by atoms with Crippen molar-refractivity contribution >= 4 is 36.0 Å². The molecule has 18 heteroatoms. The van der Waals surface area contributed by atoms with E-state index in [0.717, 1.165) is 25.7 Å². The second-order valence-corrected chi connectivity index (χ2v) is 21.0. The standard InChI is InChI=1S/C43H70N10O8/c1-25-14-30(54)50-33(46-25)52-35(57)44-23-42(12)19-28(17-38(4,5)21-42)48-32(56)41(10,11)60-27(3)16-40(8,9)61-37(59)49-29-18-39(6,7)22-43(13,20-29)24-45-36(58)53-34-47-26(2)15-31(55)51-34/h14-15,27-29H,16-24H2,1-13H3,(H,48,56)(H,49,59)(H3,44,46,50,52,54,57)(H3,45,47,51,53,55,58). The van der Waals surface area contributed by atoms with E-state index in [1.165, 1.54) is 12.1 Å². The molecule has 340 valence electrons. The van der Waals surface area contributed by atoms with Crippen molar-refractivity contribution in [3.8, 4) is 0 Å². The van der Waals surface area contributed by atoms with Crippen LogP contribution in [0, 0.1) is 35.5 Å².